The average molecular weight is 472 g/mol. The maximum absolute atomic E-state index is 12.8. The van der Waals surface area contributed by atoms with Crippen molar-refractivity contribution in [3.63, 3.8) is 0 Å². The van der Waals surface area contributed by atoms with E-state index in [0.29, 0.717) is 40.3 Å². The highest BCUT2D eigenvalue weighted by Crippen LogP contribution is 2.35. The second kappa shape index (κ2) is 11.2. The molecule has 6 nitrogen and oxygen atoms in total. The van der Waals surface area contributed by atoms with Gasteiger partial charge in [0.15, 0.2) is 11.5 Å². The Morgan fingerprint density at radius 1 is 1.16 bits per heavy atom. The summed E-state index contributed by atoms with van der Waals surface area (Å²) in [6.45, 7) is 2.86. The third-order valence-electron chi connectivity index (χ3n) is 4.83. The Bertz CT molecular complexity index is 1050. The molecule has 0 saturated carbocycles. The van der Waals surface area contributed by atoms with Crippen molar-refractivity contribution in [2.75, 3.05) is 20.8 Å². The lowest BCUT2D eigenvalue weighted by molar-refractivity contribution is -0.141. The van der Waals surface area contributed by atoms with Crippen LogP contribution in [0, 0.1) is 6.92 Å². The average Bonchev–Trinajstić information content (AvgIpc) is 3.05. The monoisotopic (exact) mass is 471 g/mol. The fourth-order valence-corrected chi connectivity index (χ4v) is 4.49. The van der Waals surface area contributed by atoms with E-state index in [0.717, 1.165) is 11.1 Å². The third kappa shape index (κ3) is 6.11. The number of benzene rings is 2. The Morgan fingerprint density at radius 2 is 1.97 bits per heavy atom. The van der Waals surface area contributed by atoms with Crippen molar-refractivity contribution in [3.05, 3.63) is 64.1 Å². The van der Waals surface area contributed by atoms with Crippen molar-refractivity contribution in [3.8, 4) is 11.5 Å². The van der Waals surface area contributed by atoms with Crippen LogP contribution in [-0.2, 0) is 20.9 Å². The van der Waals surface area contributed by atoms with Gasteiger partial charge in [-0.15, -0.1) is 0 Å². The number of amides is 1. The van der Waals surface area contributed by atoms with Crippen LogP contribution in [-0.4, -0.2) is 41.9 Å². The molecular weight excluding hydrogens is 446 g/mol. The highest BCUT2D eigenvalue weighted by atomic mass is 32.2. The molecule has 8 heteroatoms. The normalized spacial score (nSPS) is 14.7. The molecule has 1 fully saturated rings. The first kappa shape index (κ1) is 23.8. The van der Waals surface area contributed by atoms with E-state index >= 15 is 0 Å². The van der Waals surface area contributed by atoms with Crippen LogP contribution in [0.5, 0.6) is 11.5 Å². The van der Waals surface area contributed by atoms with Gasteiger partial charge in [-0.1, -0.05) is 59.9 Å². The molecule has 1 aliphatic rings. The molecule has 1 amide bonds. The Morgan fingerprint density at radius 3 is 2.69 bits per heavy atom. The van der Waals surface area contributed by atoms with Crippen LogP contribution >= 0.6 is 24.0 Å². The van der Waals surface area contributed by atoms with E-state index in [4.69, 9.17) is 21.7 Å². The molecule has 0 spiro atoms. The molecule has 0 aliphatic carbocycles. The minimum absolute atomic E-state index is 0.163. The van der Waals surface area contributed by atoms with Crippen LogP contribution in [0.25, 0.3) is 6.08 Å². The predicted molar refractivity (Wildman–Crippen MR) is 130 cm³/mol. The molecule has 1 saturated heterocycles. The molecule has 2 aromatic rings. The number of nitrogens with zero attached hydrogens (tertiary/aromatic N) is 1. The zero-order valence-corrected chi connectivity index (χ0v) is 19.9. The smallest absolute Gasteiger partial charge is 0.305 e. The zero-order chi connectivity index (χ0) is 23.1. The quantitative estimate of drug-likeness (QED) is 0.297. The first-order valence-corrected chi connectivity index (χ1v) is 11.3. The van der Waals surface area contributed by atoms with Gasteiger partial charge in [-0.3, -0.25) is 14.5 Å². The number of hydrogen-bond acceptors (Lipinski definition) is 7. The number of ether oxygens (including phenoxy) is 3. The maximum atomic E-state index is 12.8. The van der Waals surface area contributed by atoms with Crippen LogP contribution in [0.3, 0.4) is 0 Å². The molecule has 1 aliphatic heterocycles. The van der Waals surface area contributed by atoms with E-state index in [1.54, 1.807) is 13.2 Å². The summed E-state index contributed by atoms with van der Waals surface area (Å²) >= 11 is 6.59. The summed E-state index contributed by atoms with van der Waals surface area (Å²) in [5.41, 5.74) is 3.06. The van der Waals surface area contributed by atoms with E-state index in [1.807, 2.05) is 43.3 Å². The summed E-state index contributed by atoms with van der Waals surface area (Å²) in [6, 6.07) is 13.7. The zero-order valence-electron chi connectivity index (χ0n) is 18.3. The number of methoxy groups -OCH3 is 2. The molecule has 168 valence electrons. The van der Waals surface area contributed by atoms with Crippen molar-refractivity contribution >= 4 is 46.3 Å². The Labute approximate surface area is 197 Å². The van der Waals surface area contributed by atoms with E-state index in [9.17, 15) is 9.59 Å². The summed E-state index contributed by atoms with van der Waals surface area (Å²) in [5.74, 6) is 0.743. The lowest BCUT2D eigenvalue weighted by Gasteiger charge is -2.13. The van der Waals surface area contributed by atoms with Crippen molar-refractivity contribution in [1.29, 1.82) is 0 Å². The maximum Gasteiger partial charge on any atom is 0.305 e. The third-order valence-corrected chi connectivity index (χ3v) is 6.20. The van der Waals surface area contributed by atoms with Gasteiger partial charge in [0.2, 0.25) is 0 Å². The van der Waals surface area contributed by atoms with Crippen LogP contribution in [0.15, 0.2) is 47.4 Å². The van der Waals surface area contributed by atoms with Crippen LogP contribution < -0.4 is 9.47 Å². The lowest BCUT2D eigenvalue weighted by Crippen LogP contribution is -2.29. The number of hydrogen-bond donors (Lipinski definition) is 0. The lowest BCUT2D eigenvalue weighted by atomic mass is 10.1. The largest absolute Gasteiger partial charge is 0.493 e. The van der Waals surface area contributed by atoms with Gasteiger partial charge < -0.3 is 14.2 Å². The standard InChI is InChI=1S/C24H25NO5S2/c1-16-6-4-7-18(12-16)15-30-19-10-9-17(13-20(19)28-2)14-21-23(27)25(24(31)32-21)11-5-8-22(26)29-3/h4,6-7,9-10,12-14H,5,8,11,15H2,1-3H3/b21-14+. The summed E-state index contributed by atoms with van der Waals surface area (Å²) in [5, 5.41) is 0. The number of esters is 1. The van der Waals surface area contributed by atoms with Gasteiger partial charge in [0.25, 0.3) is 5.91 Å². The van der Waals surface area contributed by atoms with Crippen molar-refractivity contribution < 1.29 is 23.8 Å². The van der Waals surface area contributed by atoms with Gasteiger partial charge in [0, 0.05) is 13.0 Å². The highest BCUT2D eigenvalue weighted by molar-refractivity contribution is 8.26. The summed E-state index contributed by atoms with van der Waals surface area (Å²) in [7, 11) is 2.93. The minimum Gasteiger partial charge on any atom is -0.493 e. The van der Waals surface area contributed by atoms with Crippen LogP contribution in [0.4, 0.5) is 0 Å². The molecule has 3 rings (SSSR count). The van der Waals surface area contributed by atoms with E-state index in [2.05, 4.69) is 10.8 Å². The van der Waals surface area contributed by atoms with Gasteiger partial charge >= 0.3 is 5.97 Å². The number of aryl methyl sites for hydroxylation is 1. The van der Waals surface area contributed by atoms with Crippen molar-refractivity contribution in [2.45, 2.75) is 26.4 Å². The molecule has 2 aromatic carbocycles. The minimum atomic E-state index is -0.303. The highest BCUT2D eigenvalue weighted by Gasteiger charge is 2.31. The molecule has 0 bridgehead atoms. The second-order valence-corrected chi connectivity index (χ2v) is 8.88. The van der Waals surface area contributed by atoms with Crippen molar-refractivity contribution in [2.24, 2.45) is 0 Å². The van der Waals surface area contributed by atoms with Crippen molar-refractivity contribution in [1.82, 2.24) is 4.90 Å². The fourth-order valence-electron chi connectivity index (χ4n) is 3.18. The Balaban J connectivity index is 1.68. The van der Waals surface area contributed by atoms with Gasteiger partial charge in [-0.2, -0.15) is 0 Å². The molecule has 1 heterocycles. The predicted octanol–water partition coefficient (Wildman–Crippen LogP) is 4.74. The van der Waals surface area contributed by atoms with Gasteiger partial charge in [0.05, 0.1) is 19.1 Å². The first-order chi connectivity index (χ1) is 15.4. The second-order valence-electron chi connectivity index (χ2n) is 7.20. The SMILES string of the molecule is COC(=O)CCCN1C(=O)/C(=C\c2ccc(OCc3cccc(C)c3)c(OC)c2)SC1=S. The number of carbonyl (C=O) groups is 2. The summed E-state index contributed by atoms with van der Waals surface area (Å²) in [4.78, 5) is 26.1. The number of carbonyl (C=O) groups excluding carboxylic acids is 2. The molecule has 0 radical (unpaired) electrons. The number of rotatable bonds is 9. The number of thiocarbonyl (C=S) groups is 1. The molecule has 32 heavy (non-hydrogen) atoms. The molecular formula is C24H25NO5S2. The van der Waals surface area contributed by atoms with E-state index in [-0.39, 0.29) is 18.3 Å². The van der Waals surface area contributed by atoms with E-state index < -0.39 is 0 Å². The van der Waals surface area contributed by atoms with Gasteiger partial charge in [-0.25, -0.2) is 0 Å². The first-order valence-electron chi connectivity index (χ1n) is 10.1. The molecule has 0 N–H and O–H groups in total. The van der Waals surface area contributed by atoms with Gasteiger partial charge in [-0.05, 0) is 42.7 Å². The van der Waals surface area contributed by atoms with Gasteiger partial charge in [0.1, 0.15) is 10.9 Å². The van der Waals surface area contributed by atoms with Crippen LogP contribution in [0.2, 0.25) is 0 Å². The summed E-state index contributed by atoms with van der Waals surface area (Å²) in [6.07, 6.45) is 2.52. The molecule has 0 atom stereocenters. The topological polar surface area (TPSA) is 65.1 Å². The Hall–Kier alpha value is -2.84. The molecule has 0 unspecified atom stereocenters. The Kier molecular flexibility index (Phi) is 8.30. The summed E-state index contributed by atoms with van der Waals surface area (Å²) < 4.78 is 16.5. The van der Waals surface area contributed by atoms with E-state index in [1.165, 1.54) is 29.3 Å². The fraction of sp³-hybridized carbons (Fsp3) is 0.292. The molecule has 0 aromatic heterocycles. The number of thioether (sulfide) groups is 1. The van der Waals surface area contributed by atoms with Crippen LogP contribution in [0.1, 0.15) is 29.5 Å².